The normalized spacial score (nSPS) is 21.4. The molecule has 1 saturated heterocycles. The van der Waals surface area contributed by atoms with Gasteiger partial charge in [-0.3, -0.25) is 4.79 Å². The van der Waals surface area contributed by atoms with E-state index in [0.717, 1.165) is 18.5 Å². The first-order chi connectivity index (χ1) is 8.60. The molecule has 0 radical (unpaired) electrons. The van der Waals surface area contributed by atoms with Crippen molar-refractivity contribution >= 4 is 5.91 Å². The van der Waals surface area contributed by atoms with Crippen molar-refractivity contribution in [2.45, 2.75) is 32.7 Å². The molecule has 0 bridgehead atoms. The van der Waals surface area contributed by atoms with Crippen LogP contribution in [0.25, 0.3) is 0 Å². The van der Waals surface area contributed by atoms with Crippen LogP contribution in [0.4, 0.5) is 0 Å². The highest BCUT2D eigenvalue weighted by atomic mass is 16.2. The number of rotatable bonds is 4. The lowest BCUT2D eigenvalue weighted by molar-refractivity contribution is -0.127. The van der Waals surface area contributed by atoms with Crippen molar-refractivity contribution in [2.24, 2.45) is 11.7 Å². The SMILES string of the molecule is CCc1ccc(C(N)CN2CC(C)CC2=O)cc1. The van der Waals surface area contributed by atoms with Gasteiger partial charge in [-0.15, -0.1) is 0 Å². The first kappa shape index (κ1) is 13.1. The zero-order valence-electron chi connectivity index (χ0n) is 11.2. The maximum atomic E-state index is 11.7. The minimum atomic E-state index is -0.0786. The molecular formula is C15H22N2O. The standard InChI is InChI=1S/C15H22N2O/c1-3-12-4-6-13(7-5-12)14(16)10-17-9-11(2)8-15(17)18/h4-7,11,14H,3,8-10,16H2,1-2H3. The lowest BCUT2D eigenvalue weighted by Crippen LogP contribution is -2.33. The summed E-state index contributed by atoms with van der Waals surface area (Å²) in [6.45, 7) is 5.73. The van der Waals surface area contributed by atoms with Gasteiger partial charge in [0.15, 0.2) is 0 Å². The second-order valence-electron chi connectivity index (χ2n) is 5.31. The van der Waals surface area contributed by atoms with Gasteiger partial charge in [0.05, 0.1) is 0 Å². The predicted octanol–water partition coefficient (Wildman–Crippen LogP) is 2.12. The molecular weight excluding hydrogens is 224 g/mol. The van der Waals surface area contributed by atoms with Crippen LogP contribution >= 0.6 is 0 Å². The van der Waals surface area contributed by atoms with Gasteiger partial charge in [-0.05, 0) is 23.5 Å². The van der Waals surface area contributed by atoms with Crippen LogP contribution in [0.5, 0.6) is 0 Å². The van der Waals surface area contributed by atoms with E-state index in [-0.39, 0.29) is 11.9 Å². The number of likely N-dealkylation sites (tertiary alicyclic amines) is 1. The highest BCUT2D eigenvalue weighted by Crippen LogP contribution is 2.20. The molecule has 1 aliphatic rings. The van der Waals surface area contributed by atoms with Crippen molar-refractivity contribution < 1.29 is 4.79 Å². The fourth-order valence-corrected chi connectivity index (χ4v) is 2.49. The highest BCUT2D eigenvalue weighted by molar-refractivity contribution is 5.78. The maximum Gasteiger partial charge on any atom is 0.222 e. The number of benzene rings is 1. The Morgan fingerprint density at radius 2 is 2.06 bits per heavy atom. The third-order valence-corrected chi connectivity index (χ3v) is 3.64. The number of carbonyl (C=O) groups is 1. The van der Waals surface area contributed by atoms with Crippen LogP contribution < -0.4 is 5.73 Å². The molecule has 1 amide bonds. The third kappa shape index (κ3) is 2.91. The molecule has 98 valence electrons. The second kappa shape index (κ2) is 5.53. The lowest BCUT2D eigenvalue weighted by Gasteiger charge is -2.21. The fourth-order valence-electron chi connectivity index (χ4n) is 2.49. The Kier molecular flexibility index (Phi) is 4.02. The Bertz CT molecular complexity index is 413. The molecule has 2 atom stereocenters. The molecule has 3 nitrogen and oxygen atoms in total. The summed E-state index contributed by atoms with van der Waals surface area (Å²) in [6, 6.07) is 8.30. The van der Waals surface area contributed by atoms with E-state index >= 15 is 0 Å². The van der Waals surface area contributed by atoms with Crippen LogP contribution in [0.2, 0.25) is 0 Å². The van der Waals surface area contributed by atoms with Crippen LogP contribution in [0.3, 0.4) is 0 Å². The van der Waals surface area contributed by atoms with Crippen molar-refractivity contribution in [3.05, 3.63) is 35.4 Å². The number of nitrogens with zero attached hydrogens (tertiary/aromatic N) is 1. The minimum Gasteiger partial charge on any atom is -0.341 e. The second-order valence-corrected chi connectivity index (χ2v) is 5.31. The van der Waals surface area contributed by atoms with Crippen LogP contribution in [-0.2, 0) is 11.2 Å². The number of aryl methyl sites for hydroxylation is 1. The monoisotopic (exact) mass is 246 g/mol. The first-order valence-electron chi connectivity index (χ1n) is 6.72. The molecule has 1 aromatic rings. The molecule has 1 fully saturated rings. The Morgan fingerprint density at radius 3 is 2.56 bits per heavy atom. The summed E-state index contributed by atoms with van der Waals surface area (Å²) in [4.78, 5) is 13.6. The van der Waals surface area contributed by atoms with Gasteiger partial charge in [-0.2, -0.15) is 0 Å². The number of hydrogen-bond acceptors (Lipinski definition) is 2. The van der Waals surface area contributed by atoms with E-state index in [1.54, 1.807) is 0 Å². The summed E-state index contributed by atoms with van der Waals surface area (Å²) >= 11 is 0. The number of amides is 1. The molecule has 1 aliphatic heterocycles. The number of hydrogen-bond donors (Lipinski definition) is 1. The van der Waals surface area contributed by atoms with E-state index in [9.17, 15) is 4.79 Å². The predicted molar refractivity (Wildman–Crippen MR) is 73.1 cm³/mol. The van der Waals surface area contributed by atoms with Crippen LogP contribution in [0.1, 0.15) is 37.4 Å². The van der Waals surface area contributed by atoms with Gasteiger partial charge < -0.3 is 10.6 Å². The van der Waals surface area contributed by atoms with Crippen LogP contribution in [0, 0.1) is 5.92 Å². The molecule has 18 heavy (non-hydrogen) atoms. The largest absolute Gasteiger partial charge is 0.341 e. The molecule has 1 heterocycles. The van der Waals surface area contributed by atoms with Crippen molar-refractivity contribution in [1.82, 2.24) is 4.90 Å². The van der Waals surface area contributed by atoms with Gasteiger partial charge in [-0.1, -0.05) is 38.1 Å². The van der Waals surface area contributed by atoms with Crippen LogP contribution in [-0.4, -0.2) is 23.9 Å². The molecule has 1 aromatic carbocycles. The van der Waals surface area contributed by atoms with Gasteiger partial charge in [0, 0.05) is 25.6 Å². The van der Waals surface area contributed by atoms with Gasteiger partial charge in [-0.25, -0.2) is 0 Å². The van der Waals surface area contributed by atoms with E-state index in [1.807, 2.05) is 4.90 Å². The average Bonchev–Trinajstić information content (AvgIpc) is 2.68. The van der Waals surface area contributed by atoms with E-state index < -0.39 is 0 Å². The van der Waals surface area contributed by atoms with Gasteiger partial charge in [0.2, 0.25) is 5.91 Å². The summed E-state index contributed by atoms with van der Waals surface area (Å²) in [7, 11) is 0. The maximum absolute atomic E-state index is 11.7. The first-order valence-corrected chi connectivity index (χ1v) is 6.72. The van der Waals surface area contributed by atoms with Crippen molar-refractivity contribution in [3.8, 4) is 0 Å². The van der Waals surface area contributed by atoms with Crippen molar-refractivity contribution in [2.75, 3.05) is 13.1 Å². The van der Waals surface area contributed by atoms with Gasteiger partial charge in [0.1, 0.15) is 0 Å². The summed E-state index contributed by atoms with van der Waals surface area (Å²) < 4.78 is 0. The molecule has 2 N–H and O–H groups in total. The highest BCUT2D eigenvalue weighted by Gasteiger charge is 2.27. The quantitative estimate of drug-likeness (QED) is 0.884. The summed E-state index contributed by atoms with van der Waals surface area (Å²) in [5, 5.41) is 0. The number of nitrogens with two attached hydrogens (primary N) is 1. The Labute approximate surface area is 109 Å². The zero-order chi connectivity index (χ0) is 13.1. The average molecular weight is 246 g/mol. The van der Waals surface area contributed by atoms with Crippen molar-refractivity contribution in [3.63, 3.8) is 0 Å². The van der Waals surface area contributed by atoms with Gasteiger partial charge >= 0.3 is 0 Å². The lowest BCUT2D eigenvalue weighted by atomic mass is 10.0. The van der Waals surface area contributed by atoms with E-state index in [4.69, 9.17) is 5.73 Å². The van der Waals surface area contributed by atoms with Crippen molar-refractivity contribution in [1.29, 1.82) is 0 Å². The molecule has 0 spiro atoms. The molecule has 0 aromatic heterocycles. The third-order valence-electron chi connectivity index (χ3n) is 3.64. The summed E-state index contributed by atoms with van der Waals surface area (Å²) in [5.41, 5.74) is 8.61. The molecule has 0 aliphatic carbocycles. The molecule has 3 heteroatoms. The minimum absolute atomic E-state index is 0.0786. The summed E-state index contributed by atoms with van der Waals surface area (Å²) in [6.07, 6.45) is 1.71. The topological polar surface area (TPSA) is 46.3 Å². The van der Waals surface area contributed by atoms with Gasteiger partial charge in [0.25, 0.3) is 0 Å². The molecule has 2 rings (SSSR count). The van der Waals surface area contributed by atoms with E-state index in [1.165, 1.54) is 5.56 Å². The van der Waals surface area contributed by atoms with Crippen LogP contribution in [0.15, 0.2) is 24.3 Å². The number of carbonyl (C=O) groups excluding carboxylic acids is 1. The Hall–Kier alpha value is -1.35. The zero-order valence-corrected chi connectivity index (χ0v) is 11.2. The Morgan fingerprint density at radius 1 is 1.39 bits per heavy atom. The van der Waals surface area contributed by atoms with E-state index in [2.05, 4.69) is 38.1 Å². The fraction of sp³-hybridized carbons (Fsp3) is 0.533. The molecule has 0 saturated carbocycles. The smallest absolute Gasteiger partial charge is 0.222 e. The molecule has 2 unspecified atom stereocenters. The van der Waals surface area contributed by atoms with E-state index in [0.29, 0.717) is 18.9 Å². The summed E-state index contributed by atoms with van der Waals surface area (Å²) in [5.74, 6) is 0.704. The Balaban J connectivity index is 1.98.